The van der Waals surface area contributed by atoms with Gasteiger partial charge in [0.1, 0.15) is 0 Å². The van der Waals surface area contributed by atoms with Crippen LogP contribution < -0.4 is 0 Å². The standard InChI is InChI=1S/C24H36N4O4/c1-21(2)7-17(11-25-15-29)9-23(5,13-21)27-19(31)28(20(27)32)24(6)10-18(12-26-16-30)8-22(3,4)14-24/h17-18H,7-14H2,1-6H3. The Bertz CT molecular complexity index is 802. The Balaban J connectivity index is 1.83. The highest BCUT2D eigenvalue weighted by Crippen LogP contribution is 2.53. The number of nitrogens with zero attached hydrogens (tertiary/aromatic N) is 4. The zero-order valence-corrected chi connectivity index (χ0v) is 20.2. The maximum Gasteiger partial charge on any atom is 0.337 e. The molecule has 0 radical (unpaired) electrons. The molecule has 4 unspecified atom stereocenters. The van der Waals surface area contributed by atoms with Gasteiger partial charge in [-0.05, 0) is 75.0 Å². The Morgan fingerprint density at radius 1 is 0.719 bits per heavy atom. The monoisotopic (exact) mass is 444 g/mol. The molecule has 32 heavy (non-hydrogen) atoms. The van der Waals surface area contributed by atoms with Crippen LogP contribution in [0.3, 0.4) is 0 Å². The van der Waals surface area contributed by atoms with Crippen LogP contribution in [0.4, 0.5) is 9.59 Å². The van der Waals surface area contributed by atoms with E-state index in [2.05, 4.69) is 37.7 Å². The van der Waals surface area contributed by atoms with E-state index < -0.39 is 11.1 Å². The van der Waals surface area contributed by atoms with E-state index in [4.69, 9.17) is 0 Å². The third kappa shape index (κ3) is 4.57. The van der Waals surface area contributed by atoms with E-state index in [0.29, 0.717) is 38.8 Å². The van der Waals surface area contributed by atoms with E-state index in [1.165, 1.54) is 9.80 Å². The van der Waals surface area contributed by atoms with Gasteiger partial charge in [-0.1, -0.05) is 27.7 Å². The first-order chi connectivity index (χ1) is 14.8. The van der Waals surface area contributed by atoms with Crippen molar-refractivity contribution in [2.75, 3.05) is 13.1 Å². The molecule has 0 bridgehead atoms. The molecule has 1 aliphatic heterocycles. The molecule has 0 N–H and O–H groups in total. The molecule has 8 nitrogen and oxygen atoms in total. The van der Waals surface area contributed by atoms with Crippen molar-refractivity contribution in [3.63, 3.8) is 0 Å². The van der Waals surface area contributed by atoms with Crippen LogP contribution in [-0.2, 0) is 9.59 Å². The second-order valence-corrected chi connectivity index (χ2v) is 12.3. The summed E-state index contributed by atoms with van der Waals surface area (Å²) in [5.41, 5.74) is -1.38. The molecule has 0 spiro atoms. The van der Waals surface area contributed by atoms with Gasteiger partial charge in [-0.2, -0.15) is 0 Å². The fourth-order valence-corrected chi connectivity index (χ4v) is 7.48. The molecule has 0 aromatic carbocycles. The van der Waals surface area contributed by atoms with Crippen molar-refractivity contribution in [2.45, 2.75) is 91.1 Å². The third-order valence-electron chi connectivity index (χ3n) is 7.53. The first kappa shape index (κ1) is 24.3. The summed E-state index contributed by atoms with van der Waals surface area (Å²) in [6.45, 7) is 13.2. The van der Waals surface area contributed by atoms with Gasteiger partial charge >= 0.3 is 12.1 Å². The zero-order chi connectivity index (χ0) is 23.9. The largest absolute Gasteiger partial charge is 0.337 e. The first-order valence-corrected chi connectivity index (χ1v) is 11.5. The van der Waals surface area contributed by atoms with Gasteiger partial charge in [0.15, 0.2) is 0 Å². The zero-order valence-electron chi connectivity index (χ0n) is 20.2. The molecule has 2 saturated carbocycles. The van der Waals surface area contributed by atoms with Gasteiger partial charge in [-0.25, -0.2) is 39.0 Å². The molecule has 8 heteroatoms. The Morgan fingerprint density at radius 2 is 1.06 bits per heavy atom. The summed E-state index contributed by atoms with van der Waals surface area (Å²) in [5, 5.41) is 0. The van der Waals surface area contributed by atoms with E-state index in [1.807, 2.05) is 13.8 Å². The van der Waals surface area contributed by atoms with Gasteiger partial charge in [0.25, 0.3) is 0 Å². The topological polar surface area (TPSA) is 99.5 Å². The van der Waals surface area contributed by atoms with Crippen LogP contribution in [0.5, 0.6) is 0 Å². The summed E-state index contributed by atoms with van der Waals surface area (Å²) in [7, 11) is 0. The predicted octanol–water partition coefficient (Wildman–Crippen LogP) is 4.69. The average Bonchev–Trinajstić information content (AvgIpc) is 2.60. The fraction of sp³-hybridized carbons (Fsp3) is 0.833. The average molecular weight is 445 g/mol. The van der Waals surface area contributed by atoms with Crippen LogP contribution >= 0.6 is 0 Å². The highest BCUT2D eigenvalue weighted by atomic mass is 16.2. The lowest BCUT2D eigenvalue weighted by Crippen LogP contribution is -2.77. The van der Waals surface area contributed by atoms with Gasteiger partial charge in [0, 0.05) is 0 Å². The molecule has 1 heterocycles. The number of urea groups is 2. The summed E-state index contributed by atoms with van der Waals surface area (Å²) >= 11 is 0. The second-order valence-electron chi connectivity index (χ2n) is 12.3. The normalized spacial score (nSPS) is 36.1. The quantitative estimate of drug-likeness (QED) is 0.438. The van der Waals surface area contributed by atoms with E-state index in [1.54, 1.807) is 12.2 Å². The van der Waals surface area contributed by atoms with Crippen LogP contribution in [0, 0.1) is 22.7 Å². The number of rotatable bonds is 6. The number of aliphatic imine (C=N–C) groups is 2. The summed E-state index contributed by atoms with van der Waals surface area (Å²) < 4.78 is 0. The lowest BCUT2D eigenvalue weighted by Gasteiger charge is -2.60. The van der Waals surface area contributed by atoms with Crippen molar-refractivity contribution in [1.82, 2.24) is 9.80 Å². The second kappa shape index (κ2) is 8.24. The van der Waals surface area contributed by atoms with Crippen molar-refractivity contribution < 1.29 is 19.2 Å². The van der Waals surface area contributed by atoms with Crippen molar-refractivity contribution in [3.05, 3.63) is 0 Å². The molecule has 3 aliphatic rings. The lowest BCUT2D eigenvalue weighted by molar-refractivity contribution is -0.0462. The molecule has 176 valence electrons. The molecular weight excluding hydrogens is 408 g/mol. The minimum Gasteiger partial charge on any atom is -0.247 e. The summed E-state index contributed by atoms with van der Waals surface area (Å²) in [4.78, 5) is 58.7. The van der Waals surface area contributed by atoms with Crippen LogP contribution in [0.2, 0.25) is 0 Å². The van der Waals surface area contributed by atoms with Crippen molar-refractivity contribution in [1.29, 1.82) is 0 Å². The molecular formula is C24H36N4O4. The predicted molar refractivity (Wildman–Crippen MR) is 120 cm³/mol. The molecule has 3 rings (SSSR count). The summed E-state index contributed by atoms with van der Waals surface area (Å²) in [5.74, 6) is 0.240. The molecule has 2 aliphatic carbocycles. The molecule has 4 amide bonds. The number of carbonyl (C=O) groups excluding carboxylic acids is 4. The third-order valence-corrected chi connectivity index (χ3v) is 7.53. The molecule has 4 atom stereocenters. The summed E-state index contributed by atoms with van der Waals surface area (Å²) in [6, 6.07) is -0.489. The first-order valence-electron chi connectivity index (χ1n) is 11.5. The van der Waals surface area contributed by atoms with Gasteiger partial charge in [-0.15, -0.1) is 0 Å². The molecule has 1 saturated heterocycles. The van der Waals surface area contributed by atoms with E-state index in [-0.39, 0.29) is 34.7 Å². The SMILES string of the molecule is CC1(C)CC(CN=C=O)CC(C)(N2C(=O)N(C3(C)CC(CN=C=O)CC(C)(C)C3)C2=O)C1. The molecule has 3 fully saturated rings. The van der Waals surface area contributed by atoms with Crippen LogP contribution in [0.15, 0.2) is 9.98 Å². The maximum absolute atomic E-state index is 13.5. The highest BCUT2D eigenvalue weighted by molar-refractivity contribution is 6.13. The molecule has 0 aromatic heterocycles. The van der Waals surface area contributed by atoms with Gasteiger partial charge in [0.2, 0.25) is 12.2 Å². The van der Waals surface area contributed by atoms with Crippen molar-refractivity contribution in [3.8, 4) is 0 Å². The fourth-order valence-electron chi connectivity index (χ4n) is 7.48. The van der Waals surface area contributed by atoms with Crippen LogP contribution in [0.25, 0.3) is 0 Å². The summed E-state index contributed by atoms with van der Waals surface area (Å²) in [6.07, 6.45) is 7.69. The smallest absolute Gasteiger partial charge is 0.247 e. The number of carbonyl (C=O) groups is 2. The number of amides is 4. The molecule has 0 aromatic rings. The number of isocyanates is 2. The Morgan fingerprint density at radius 3 is 1.38 bits per heavy atom. The number of imide groups is 2. The Labute approximate surface area is 190 Å². The van der Waals surface area contributed by atoms with Crippen LogP contribution in [0.1, 0.15) is 80.1 Å². The van der Waals surface area contributed by atoms with Crippen LogP contribution in [-0.4, -0.2) is 58.2 Å². The maximum atomic E-state index is 13.5. The van der Waals surface area contributed by atoms with Crippen molar-refractivity contribution in [2.24, 2.45) is 32.7 Å². The van der Waals surface area contributed by atoms with Gasteiger partial charge in [-0.3, -0.25) is 0 Å². The van der Waals surface area contributed by atoms with E-state index in [0.717, 1.165) is 12.8 Å². The number of hydrogen-bond donors (Lipinski definition) is 0. The minimum atomic E-state index is -0.614. The van der Waals surface area contributed by atoms with Crippen molar-refractivity contribution >= 4 is 24.2 Å². The van der Waals surface area contributed by atoms with Gasteiger partial charge in [0.05, 0.1) is 24.2 Å². The number of hydrogen-bond acceptors (Lipinski definition) is 6. The van der Waals surface area contributed by atoms with Gasteiger partial charge < -0.3 is 0 Å². The Kier molecular flexibility index (Phi) is 6.27. The van der Waals surface area contributed by atoms with E-state index in [9.17, 15) is 19.2 Å². The highest BCUT2D eigenvalue weighted by Gasteiger charge is 2.62. The lowest BCUT2D eigenvalue weighted by atomic mass is 9.62. The Hall–Kier alpha value is -2.30. The van der Waals surface area contributed by atoms with E-state index >= 15 is 0 Å². The minimum absolute atomic E-state index is 0.0777.